The van der Waals surface area contributed by atoms with Gasteiger partial charge in [-0.15, -0.1) is 11.6 Å². The standard InChI is InChI=1S/C10H17ClN2O3S/c1-3-16-6-4-5-13-9(7-11)8-12-10(13)17(2,14)15/h8H,3-7H2,1-2H3. The first-order valence-electron chi connectivity index (χ1n) is 5.38. The lowest BCUT2D eigenvalue weighted by Crippen LogP contribution is -2.12. The molecule has 0 fully saturated rings. The highest BCUT2D eigenvalue weighted by atomic mass is 35.5. The van der Waals surface area contributed by atoms with Gasteiger partial charge in [-0.2, -0.15) is 0 Å². The summed E-state index contributed by atoms with van der Waals surface area (Å²) in [6, 6.07) is 0. The minimum absolute atomic E-state index is 0.0737. The van der Waals surface area contributed by atoms with Crippen molar-refractivity contribution >= 4 is 21.4 Å². The lowest BCUT2D eigenvalue weighted by molar-refractivity contribution is 0.141. The molecule has 0 aromatic carbocycles. The molecule has 5 nitrogen and oxygen atoms in total. The van der Waals surface area contributed by atoms with E-state index in [1.807, 2.05) is 6.92 Å². The Hall–Kier alpha value is -0.590. The van der Waals surface area contributed by atoms with Gasteiger partial charge in [-0.1, -0.05) is 0 Å². The van der Waals surface area contributed by atoms with Gasteiger partial charge >= 0.3 is 0 Å². The van der Waals surface area contributed by atoms with Crippen molar-refractivity contribution in [2.75, 3.05) is 19.5 Å². The van der Waals surface area contributed by atoms with Crippen molar-refractivity contribution in [1.82, 2.24) is 9.55 Å². The van der Waals surface area contributed by atoms with Gasteiger partial charge in [0, 0.05) is 26.0 Å². The zero-order valence-electron chi connectivity index (χ0n) is 10.0. The molecule has 7 heteroatoms. The van der Waals surface area contributed by atoms with Gasteiger partial charge in [0.05, 0.1) is 17.8 Å². The third-order valence-electron chi connectivity index (χ3n) is 2.24. The van der Waals surface area contributed by atoms with E-state index in [1.54, 1.807) is 4.57 Å². The van der Waals surface area contributed by atoms with Crippen LogP contribution in [0.4, 0.5) is 0 Å². The highest BCUT2D eigenvalue weighted by Gasteiger charge is 2.17. The molecular weight excluding hydrogens is 264 g/mol. The number of imidazole rings is 1. The van der Waals surface area contributed by atoms with Crippen LogP contribution in [-0.4, -0.2) is 37.4 Å². The summed E-state index contributed by atoms with van der Waals surface area (Å²) in [6.45, 7) is 3.72. The summed E-state index contributed by atoms with van der Waals surface area (Å²) in [4.78, 5) is 3.91. The summed E-state index contributed by atoms with van der Waals surface area (Å²) in [6.07, 6.45) is 3.38. The van der Waals surface area contributed by atoms with E-state index in [1.165, 1.54) is 6.20 Å². The molecule has 0 spiro atoms. The average Bonchev–Trinajstić information content (AvgIpc) is 2.67. The molecular formula is C10H17ClN2O3S. The third-order valence-corrected chi connectivity index (χ3v) is 3.51. The first-order chi connectivity index (χ1) is 8.00. The second-order valence-electron chi connectivity index (χ2n) is 3.64. The van der Waals surface area contributed by atoms with E-state index in [4.69, 9.17) is 16.3 Å². The Labute approximate surface area is 107 Å². The van der Waals surface area contributed by atoms with Crippen LogP contribution in [0, 0.1) is 0 Å². The maximum absolute atomic E-state index is 11.5. The second kappa shape index (κ2) is 6.37. The summed E-state index contributed by atoms with van der Waals surface area (Å²) < 4.78 is 29.9. The van der Waals surface area contributed by atoms with Crippen molar-refractivity contribution in [3.05, 3.63) is 11.9 Å². The van der Waals surface area contributed by atoms with E-state index >= 15 is 0 Å². The fourth-order valence-corrected chi connectivity index (χ4v) is 2.57. The van der Waals surface area contributed by atoms with Gasteiger partial charge in [0.1, 0.15) is 0 Å². The fraction of sp³-hybridized carbons (Fsp3) is 0.700. The van der Waals surface area contributed by atoms with Gasteiger partial charge in [0.2, 0.25) is 15.0 Å². The molecule has 0 radical (unpaired) electrons. The molecule has 0 bridgehead atoms. The Balaban J connectivity index is 2.83. The summed E-state index contributed by atoms with van der Waals surface area (Å²) >= 11 is 5.75. The zero-order valence-corrected chi connectivity index (χ0v) is 11.6. The highest BCUT2D eigenvalue weighted by Crippen LogP contribution is 2.14. The van der Waals surface area contributed by atoms with Crippen LogP contribution in [0.2, 0.25) is 0 Å². The number of sulfone groups is 1. The Morgan fingerprint density at radius 3 is 2.76 bits per heavy atom. The number of hydrogen-bond acceptors (Lipinski definition) is 4. The van der Waals surface area contributed by atoms with Crippen molar-refractivity contribution in [1.29, 1.82) is 0 Å². The maximum Gasteiger partial charge on any atom is 0.227 e. The van der Waals surface area contributed by atoms with Gasteiger partial charge in [-0.25, -0.2) is 13.4 Å². The quantitative estimate of drug-likeness (QED) is 0.560. The summed E-state index contributed by atoms with van der Waals surface area (Å²) in [5.41, 5.74) is 0.712. The molecule has 0 saturated carbocycles. The van der Waals surface area contributed by atoms with Crippen molar-refractivity contribution in [3.63, 3.8) is 0 Å². The van der Waals surface area contributed by atoms with Crippen LogP contribution in [0.3, 0.4) is 0 Å². The predicted molar refractivity (Wildman–Crippen MR) is 66.0 cm³/mol. The number of hydrogen-bond donors (Lipinski definition) is 0. The maximum atomic E-state index is 11.5. The topological polar surface area (TPSA) is 61.2 Å². The number of aromatic nitrogens is 2. The average molecular weight is 281 g/mol. The van der Waals surface area contributed by atoms with Gasteiger partial charge in [0.25, 0.3) is 0 Å². The Morgan fingerprint density at radius 2 is 2.24 bits per heavy atom. The van der Waals surface area contributed by atoms with Crippen molar-refractivity contribution in [2.24, 2.45) is 0 Å². The molecule has 0 aliphatic carbocycles. The normalized spacial score (nSPS) is 11.9. The Kier molecular flexibility index (Phi) is 5.42. The fourth-order valence-electron chi connectivity index (χ4n) is 1.50. The minimum atomic E-state index is -3.31. The monoisotopic (exact) mass is 280 g/mol. The molecule has 0 saturated heterocycles. The van der Waals surface area contributed by atoms with Crippen LogP contribution in [0.5, 0.6) is 0 Å². The van der Waals surface area contributed by atoms with E-state index in [9.17, 15) is 8.42 Å². The molecule has 1 aromatic heterocycles. The molecule has 0 aliphatic heterocycles. The minimum Gasteiger partial charge on any atom is -0.382 e. The number of rotatable bonds is 7. The first kappa shape index (κ1) is 14.5. The van der Waals surface area contributed by atoms with Crippen LogP contribution in [0.15, 0.2) is 11.4 Å². The molecule has 1 aromatic rings. The van der Waals surface area contributed by atoms with Crippen LogP contribution in [-0.2, 0) is 27.0 Å². The molecule has 0 unspecified atom stereocenters. The number of nitrogens with zero attached hydrogens (tertiary/aromatic N) is 2. The van der Waals surface area contributed by atoms with Crippen molar-refractivity contribution < 1.29 is 13.2 Å². The predicted octanol–water partition coefficient (Wildman–Crippen LogP) is 1.45. The van der Waals surface area contributed by atoms with Crippen LogP contribution in [0.25, 0.3) is 0 Å². The van der Waals surface area contributed by atoms with E-state index in [-0.39, 0.29) is 11.0 Å². The molecule has 0 atom stereocenters. The molecule has 1 rings (SSSR count). The van der Waals surface area contributed by atoms with Gasteiger partial charge < -0.3 is 9.30 Å². The molecule has 0 N–H and O–H groups in total. The van der Waals surface area contributed by atoms with Crippen LogP contribution < -0.4 is 0 Å². The highest BCUT2D eigenvalue weighted by molar-refractivity contribution is 7.90. The van der Waals surface area contributed by atoms with Crippen LogP contribution >= 0.6 is 11.6 Å². The largest absolute Gasteiger partial charge is 0.382 e. The third kappa shape index (κ3) is 3.97. The summed E-state index contributed by atoms with van der Waals surface area (Å²) in [5.74, 6) is 0.247. The van der Waals surface area contributed by atoms with E-state index in [0.717, 1.165) is 12.7 Å². The second-order valence-corrected chi connectivity index (χ2v) is 5.82. The number of alkyl halides is 1. The SMILES string of the molecule is CCOCCCn1c(CCl)cnc1S(C)(=O)=O. The summed E-state index contributed by atoms with van der Waals surface area (Å²) in [5, 5.41) is 0.0737. The molecule has 0 amide bonds. The van der Waals surface area contributed by atoms with Gasteiger partial charge in [-0.05, 0) is 13.3 Å². The Morgan fingerprint density at radius 1 is 1.53 bits per heavy atom. The molecule has 17 heavy (non-hydrogen) atoms. The lowest BCUT2D eigenvalue weighted by atomic mass is 10.4. The van der Waals surface area contributed by atoms with Crippen LogP contribution in [0.1, 0.15) is 19.0 Å². The molecule has 1 heterocycles. The lowest BCUT2D eigenvalue weighted by Gasteiger charge is -2.09. The number of halogens is 1. The van der Waals surface area contributed by atoms with E-state index < -0.39 is 9.84 Å². The number of ether oxygens (including phenoxy) is 1. The summed E-state index contributed by atoms with van der Waals surface area (Å²) in [7, 11) is -3.31. The van der Waals surface area contributed by atoms with Crippen molar-refractivity contribution in [3.8, 4) is 0 Å². The Bertz CT molecular complexity index is 456. The van der Waals surface area contributed by atoms with Gasteiger partial charge in [0.15, 0.2) is 0 Å². The van der Waals surface area contributed by atoms with Gasteiger partial charge in [-0.3, -0.25) is 0 Å². The molecule has 98 valence electrons. The van der Waals surface area contributed by atoms with E-state index in [0.29, 0.717) is 25.5 Å². The first-order valence-corrected chi connectivity index (χ1v) is 7.81. The van der Waals surface area contributed by atoms with Crippen molar-refractivity contribution in [2.45, 2.75) is 30.9 Å². The smallest absolute Gasteiger partial charge is 0.227 e. The zero-order chi connectivity index (χ0) is 12.9. The van der Waals surface area contributed by atoms with E-state index in [2.05, 4.69) is 4.98 Å². The molecule has 0 aliphatic rings.